The van der Waals surface area contributed by atoms with E-state index in [1.165, 1.54) is 18.3 Å². The molecule has 3 rings (SSSR count). The van der Waals surface area contributed by atoms with Gasteiger partial charge in [0.15, 0.2) is 5.78 Å². The second-order valence-corrected chi connectivity index (χ2v) is 7.31. The van der Waals surface area contributed by atoms with E-state index in [2.05, 4.69) is 10.6 Å². The first-order valence-corrected chi connectivity index (χ1v) is 9.80. The van der Waals surface area contributed by atoms with Gasteiger partial charge in [-0.15, -0.1) is 11.3 Å². The van der Waals surface area contributed by atoms with Crippen molar-refractivity contribution in [2.45, 2.75) is 32.6 Å². The number of carbonyl (C=O) groups excluding carboxylic acids is 3. The van der Waals surface area contributed by atoms with Crippen molar-refractivity contribution in [1.82, 2.24) is 0 Å². The first kappa shape index (κ1) is 19.1. The van der Waals surface area contributed by atoms with Crippen LogP contribution in [-0.2, 0) is 9.53 Å². The lowest BCUT2D eigenvalue weighted by atomic mass is 10.1. The van der Waals surface area contributed by atoms with Crippen LogP contribution in [0.4, 0.5) is 10.7 Å². The zero-order valence-corrected chi connectivity index (χ0v) is 16.2. The number of esters is 1. The van der Waals surface area contributed by atoms with E-state index < -0.39 is 5.97 Å². The SMILES string of the molecule is CCOC(=O)c1c(C2CC2)csc1NC(=O)CNc1cccc(C(C)=O)c1. The fraction of sp³-hybridized carbons (Fsp3) is 0.350. The molecule has 2 aromatic rings. The van der Waals surface area contributed by atoms with Crippen molar-refractivity contribution in [1.29, 1.82) is 0 Å². The predicted octanol–water partition coefficient (Wildman–Crippen LogP) is 4.06. The molecule has 1 aromatic carbocycles. The summed E-state index contributed by atoms with van der Waals surface area (Å²) in [4.78, 5) is 36.1. The second-order valence-electron chi connectivity index (χ2n) is 6.43. The molecule has 1 heterocycles. The van der Waals surface area contributed by atoms with E-state index in [0.717, 1.165) is 18.4 Å². The van der Waals surface area contributed by atoms with Crippen LogP contribution < -0.4 is 10.6 Å². The highest BCUT2D eigenvalue weighted by Gasteiger charge is 2.32. The van der Waals surface area contributed by atoms with Gasteiger partial charge in [0, 0.05) is 11.3 Å². The van der Waals surface area contributed by atoms with E-state index in [1.807, 2.05) is 5.38 Å². The first-order chi connectivity index (χ1) is 13.0. The number of nitrogens with one attached hydrogen (secondary N) is 2. The smallest absolute Gasteiger partial charge is 0.341 e. The fourth-order valence-corrected chi connectivity index (χ4v) is 3.82. The van der Waals surface area contributed by atoms with E-state index in [-0.39, 0.29) is 18.2 Å². The molecule has 6 nitrogen and oxygen atoms in total. The van der Waals surface area contributed by atoms with Gasteiger partial charge in [-0.3, -0.25) is 9.59 Å². The maximum atomic E-state index is 12.3. The Kier molecular flexibility index (Phi) is 5.91. The Morgan fingerprint density at radius 2 is 2.04 bits per heavy atom. The minimum atomic E-state index is -0.391. The van der Waals surface area contributed by atoms with Gasteiger partial charge in [0.1, 0.15) is 5.00 Å². The van der Waals surface area contributed by atoms with E-state index in [1.54, 1.807) is 31.2 Å². The lowest BCUT2D eigenvalue weighted by Gasteiger charge is -2.10. The third-order valence-electron chi connectivity index (χ3n) is 4.29. The van der Waals surface area contributed by atoms with Gasteiger partial charge in [-0.1, -0.05) is 12.1 Å². The Labute approximate surface area is 161 Å². The molecule has 7 heteroatoms. The Morgan fingerprint density at radius 1 is 1.26 bits per heavy atom. The molecule has 0 spiro atoms. The summed E-state index contributed by atoms with van der Waals surface area (Å²) >= 11 is 1.35. The Bertz CT molecular complexity index is 871. The topological polar surface area (TPSA) is 84.5 Å². The summed E-state index contributed by atoms with van der Waals surface area (Å²) in [5.41, 5.74) is 2.72. The highest BCUT2D eigenvalue weighted by atomic mass is 32.1. The molecular formula is C20H22N2O4S. The van der Waals surface area contributed by atoms with Crippen LogP contribution in [0.2, 0.25) is 0 Å². The van der Waals surface area contributed by atoms with Crippen molar-refractivity contribution in [2.24, 2.45) is 0 Å². The van der Waals surface area contributed by atoms with E-state index in [0.29, 0.717) is 34.3 Å². The van der Waals surface area contributed by atoms with Crippen molar-refractivity contribution < 1.29 is 19.1 Å². The van der Waals surface area contributed by atoms with Crippen molar-refractivity contribution in [3.05, 3.63) is 46.3 Å². The molecule has 0 unspecified atom stereocenters. The molecule has 0 saturated heterocycles. The average molecular weight is 386 g/mol. The highest BCUT2D eigenvalue weighted by Crippen LogP contribution is 2.46. The molecule has 1 aliphatic rings. The maximum absolute atomic E-state index is 12.3. The van der Waals surface area contributed by atoms with Crippen LogP contribution in [0.15, 0.2) is 29.6 Å². The van der Waals surface area contributed by atoms with Gasteiger partial charge < -0.3 is 15.4 Å². The van der Waals surface area contributed by atoms with Crippen LogP contribution in [0.25, 0.3) is 0 Å². The number of hydrogen-bond acceptors (Lipinski definition) is 6. The monoisotopic (exact) mass is 386 g/mol. The third kappa shape index (κ3) is 4.74. The van der Waals surface area contributed by atoms with Gasteiger partial charge in [0.2, 0.25) is 5.91 Å². The number of hydrogen-bond donors (Lipinski definition) is 2. The number of amides is 1. The Hall–Kier alpha value is -2.67. The molecule has 0 bridgehead atoms. The molecule has 1 aromatic heterocycles. The largest absolute Gasteiger partial charge is 0.462 e. The van der Waals surface area contributed by atoms with Crippen LogP contribution >= 0.6 is 11.3 Å². The molecule has 1 saturated carbocycles. The summed E-state index contributed by atoms with van der Waals surface area (Å²) in [6.07, 6.45) is 2.12. The van der Waals surface area contributed by atoms with E-state index >= 15 is 0 Å². The molecule has 1 fully saturated rings. The van der Waals surface area contributed by atoms with Gasteiger partial charge >= 0.3 is 5.97 Å². The summed E-state index contributed by atoms with van der Waals surface area (Å²) in [6.45, 7) is 3.58. The summed E-state index contributed by atoms with van der Waals surface area (Å²) in [7, 11) is 0. The van der Waals surface area contributed by atoms with Crippen molar-refractivity contribution in [3.8, 4) is 0 Å². The second kappa shape index (κ2) is 8.35. The minimum Gasteiger partial charge on any atom is -0.462 e. The number of rotatable bonds is 8. The minimum absolute atomic E-state index is 0.0281. The van der Waals surface area contributed by atoms with Crippen LogP contribution in [0.5, 0.6) is 0 Å². The molecule has 2 N–H and O–H groups in total. The van der Waals surface area contributed by atoms with Crippen molar-refractivity contribution in [2.75, 3.05) is 23.8 Å². The van der Waals surface area contributed by atoms with Crippen LogP contribution in [-0.4, -0.2) is 30.8 Å². The number of carbonyl (C=O) groups is 3. The molecular weight excluding hydrogens is 364 g/mol. The van der Waals surface area contributed by atoms with Crippen molar-refractivity contribution in [3.63, 3.8) is 0 Å². The number of ether oxygens (including phenoxy) is 1. The number of Topliss-reactive ketones (excluding diaryl/α,β-unsaturated/α-hetero) is 1. The molecule has 142 valence electrons. The summed E-state index contributed by atoms with van der Waals surface area (Å²) in [6, 6.07) is 6.98. The zero-order valence-electron chi connectivity index (χ0n) is 15.3. The number of ketones is 1. The van der Waals surface area contributed by atoms with Crippen LogP contribution in [0, 0.1) is 0 Å². The zero-order chi connectivity index (χ0) is 19.4. The molecule has 27 heavy (non-hydrogen) atoms. The fourth-order valence-electron chi connectivity index (χ4n) is 2.77. The normalized spacial score (nSPS) is 13.1. The van der Waals surface area contributed by atoms with Gasteiger partial charge in [0.05, 0.1) is 18.7 Å². The average Bonchev–Trinajstić information content (AvgIpc) is 3.41. The predicted molar refractivity (Wildman–Crippen MR) is 106 cm³/mol. The quantitative estimate of drug-likeness (QED) is 0.528. The molecule has 0 radical (unpaired) electrons. The lowest BCUT2D eigenvalue weighted by Crippen LogP contribution is -2.22. The van der Waals surface area contributed by atoms with Crippen LogP contribution in [0.1, 0.15) is 58.9 Å². The van der Waals surface area contributed by atoms with Gasteiger partial charge in [-0.25, -0.2) is 4.79 Å². The summed E-state index contributed by atoms with van der Waals surface area (Å²) < 4.78 is 5.16. The van der Waals surface area contributed by atoms with E-state index in [9.17, 15) is 14.4 Å². The number of thiophene rings is 1. The maximum Gasteiger partial charge on any atom is 0.341 e. The summed E-state index contributed by atoms with van der Waals surface area (Å²) in [5.74, 6) is -0.303. The Balaban J connectivity index is 1.66. The van der Waals surface area contributed by atoms with E-state index in [4.69, 9.17) is 4.74 Å². The molecule has 0 aliphatic heterocycles. The summed E-state index contributed by atoms with van der Waals surface area (Å²) in [5, 5.41) is 8.27. The van der Waals surface area contributed by atoms with Crippen molar-refractivity contribution >= 4 is 39.7 Å². The van der Waals surface area contributed by atoms with Crippen LogP contribution in [0.3, 0.4) is 0 Å². The van der Waals surface area contributed by atoms with Gasteiger partial charge in [0.25, 0.3) is 0 Å². The van der Waals surface area contributed by atoms with Gasteiger partial charge in [-0.2, -0.15) is 0 Å². The molecule has 0 atom stereocenters. The highest BCUT2D eigenvalue weighted by molar-refractivity contribution is 7.15. The lowest BCUT2D eigenvalue weighted by molar-refractivity contribution is -0.114. The Morgan fingerprint density at radius 3 is 2.70 bits per heavy atom. The van der Waals surface area contributed by atoms with Gasteiger partial charge in [-0.05, 0) is 55.7 Å². The first-order valence-electron chi connectivity index (χ1n) is 8.92. The number of anilines is 2. The third-order valence-corrected chi connectivity index (χ3v) is 5.21. The number of benzene rings is 1. The molecule has 1 amide bonds. The standard InChI is InChI=1S/C20H22N2O4S/c1-3-26-20(25)18-16(13-7-8-13)11-27-19(18)22-17(24)10-21-15-6-4-5-14(9-15)12(2)23/h4-6,9,11,13,21H,3,7-8,10H2,1-2H3,(H,22,24). The molecule has 1 aliphatic carbocycles.